The topological polar surface area (TPSA) is 42.4 Å². The lowest BCUT2D eigenvalue weighted by Crippen LogP contribution is -2.42. The van der Waals surface area contributed by atoms with E-state index in [-0.39, 0.29) is 11.1 Å². The van der Waals surface area contributed by atoms with Crippen LogP contribution in [0.3, 0.4) is 0 Å². The first-order valence-electron chi connectivity index (χ1n) is 5.91. The van der Waals surface area contributed by atoms with Gasteiger partial charge in [-0.05, 0) is 17.7 Å². The minimum absolute atomic E-state index is 0.269. The molecule has 2 atom stereocenters. The van der Waals surface area contributed by atoms with E-state index in [0.29, 0.717) is 5.69 Å². The molecule has 104 valence electrons. The first-order valence-corrected chi connectivity index (χ1v) is 5.91. The fourth-order valence-corrected chi connectivity index (χ4v) is 2.30. The van der Waals surface area contributed by atoms with Crippen LogP contribution in [0, 0.1) is 0 Å². The molecule has 0 bridgehead atoms. The summed E-state index contributed by atoms with van der Waals surface area (Å²) < 4.78 is 44.3. The van der Waals surface area contributed by atoms with Crippen molar-refractivity contribution in [1.82, 2.24) is 4.98 Å². The van der Waals surface area contributed by atoms with Crippen LogP contribution in [0.25, 0.3) is 0 Å². The number of nitrogens with zero attached hydrogens (tertiary/aromatic N) is 1. The van der Waals surface area contributed by atoms with Crippen LogP contribution < -0.4 is 0 Å². The first-order chi connectivity index (χ1) is 9.43. The van der Waals surface area contributed by atoms with Crippen LogP contribution in [0.1, 0.15) is 22.9 Å². The zero-order valence-corrected chi connectivity index (χ0v) is 10.1. The smallest absolute Gasteiger partial charge is 0.355 e. The van der Waals surface area contributed by atoms with Crippen molar-refractivity contribution in [3.63, 3.8) is 0 Å². The Kier molecular flexibility index (Phi) is 2.81. The normalized spacial score (nSPS) is 25.5. The Bertz CT molecular complexity index is 630. The molecule has 1 aromatic carbocycles. The second-order valence-electron chi connectivity index (χ2n) is 4.48. The fraction of sp³-hybridized carbons (Fsp3) is 0.214. The zero-order valence-electron chi connectivity index (χ0n) is 10.1. The second kappa shape index (κ2) is 4.29. The molecule has 0 saturated carbocycles. The highest BCUT2D eigenvalue weighted by atomic mass is 19.4. The first kappa shape index (κ1) is 13.1. The standard InChI is InChI=1S/C14H10F3NO2/c15-14(16,17)13(19)10-6-2-1-5-9(10)12(20-13)11-7-3-4-8-18-11/h1-8,12,19H. The van der Waals surface area contributed by atoms with E-state index in [0.717, 1.165) is 0 Å². The Morgan fingerprint density at radius 1 is 1.10 bits per heavy atom. The third-order valence-corrected chi connectivity index (χ3v) is 3.24. The quantitative estimate of drug-likeness (QED) is 0.874. The van der Waals surface area contributed by atoms with Crippen molar-refractivity contribution in [2.24, 2.45) is 0 Å². The van der Waals surface area contributed by atoms with Crippen LogP contribution in [-0.4, -0.2) is 16.3 Å². The van der Waals surface area contributed by atoms with Crippen LogP contribution in [0.2, 0.25) is 0 Å². The summed E-state index contributed by atoms with van der Waals surface area (Å²) in [4.78, 5) is 4.00. The third kappa shape index (κ3) is 1.80. The van der Waals surface area contributed by atoms with Gasteiger partial charge in [-0.15, -0.1) is 0 Å². The number of benzene rings is 1. The maximum Gasteiger partial charge on any atom is 0.448 e. The molecule has 1 aromatic heterocycles. The van der Waals surface area contributed by atoms with E-state index in [1.54, 1.807) is 24.3 Å². The van der Waals surface area contributed by atoms with Gasteiger partial charge in [0.2, 0.25) is 0 Å². The summed E-state index contributed by atoms with van der Waals surface area (Å²) in [5.41, 5.74) is 0.300. The van der Waals surface area contributed by atoms with Crippen molar-refractivity contribution < 1.29 is 23.0 Å². The highest BCUT2D eigenvalue weighted by Crippen LogP contribution is 2.51. The average Bonchev–Trinajstić information content (AvgIpc) is 2.75. The molecule has 1 aliphatic heterocycles. The molecule has 6 heteroatoms. The Morgan fingerprint density at radius 2 is 1.80 bits per heavy atom. The Balaban J connectivity index is 2.15. The lowest BCUT2D eigenvalue weighted by Gasteiger charge is -2.26. The van der Waals surface area contributed by atoms with Crippen LogP contribution in [0.5, 0.6) is 0 Å². The SMILES string of the molecule is OC1(C(F)(F)F)OC(c2ccccn2)c2ccccc21. The molecule has 20 heavy (non-hydrogen) atoms. The van der Waals surface area contributed by atoms with E-state index in [1.165, 1.54) is 24.4 Å². The van der Waals surface area contributed by atoms with E-state index >= 15 is 0 Å². The van der Waals surface area contributed by atoms with Gasteiger partial charge in [-0.2, -0.15) is 13.2 Å². The number of aromatic nitrogens is 1. The molecule has 1 aliphatic rings. The number of halogens is 3. The fourth-order valence-electron chi connectivity index (χ4n) is 2.30. The molecule has 0 saturated heterocycles. The molecular weight excluding hydrogens is 271 g/mol. The molecule has 3 rings (SSSR count). The molecule has 0 amide bonds. The molecule has 0 spiro atoms. The van der Waals surface area contributed by atoms with E-state index < -0.39 is 18.1 Å². The van der Waals surface area contributed by atoms with Crippen LogP contribution in [0.4, 0.5) is 13.2 Å². The molecule has 2 heterocycles. The summed E-state index contributed by atoms with van der Waals surface area (Å²) in [5, 5.41) is 9.94. The van der Waals surface area contributed by atoms with Gasteiger partial charge in [-0.25, -0.2) is 0 Å². The van der Waals surface area contributed by atoms with Gasteiger partial charge in [-0.3, -0.25) is 4.98 Å². The van der Waals surface area contributed by atoms with E-state index in [1.807, 2.05) is 0 Å². The Labute approximate surface area is 112 Å². The molecule has 3 nitrogen and oxygen atoms in total. The molecular formula is C14H10F3NO2. The molecule has 2 aromatic rings. The number of ether oxygens (including phenoxy) is 1. The summed E-state index contributed by atoms with van der Waals surface area (Å²) in [7, 11) is 0. The average molecular weight is 281 g/mol. The minimum Gasteiger partial charge on any atom is -0.355 e. The van der Waals surface area contributed by atoms with Crippen molar-refractivity contribution in [2.45, 2.75) is 18.1 Å². The number of aliphatic hydroxyl groups is 1. The molecule has 2 unspecified atom stereocenters. The number of fused-ring (bicyclic) bond motifs is 1. The molecule has 0 aliphatic carbocycles. The number of hydrogen-bond donors (Lipinski definition) is 1. The van der Waals surface area contributed by atoms with Crippen molar-refractivity contribution in [3.8, 4) is 0 Å². The maximum atomic E-state index is 13.1. The Morgan fingerprint density at radius 3 is 2.45 bits per heavy atom. The number of rotatable bonds is 1. The van der Waals surface area contributed by atoms with Crippen LogP contribution in [0.15, 0.2) is 48.7 Å². The van der Waals surface area contributed by atoms with Crippen molar-refractivity contribution in [2.75, 3.05) is 0 Å². The number of alkyl halides is 3. The minimum atomic E-state index is -4.92. The molecule has 1 N–H and O–H groups in total. The highest BCUT2D eigenvalue weighted by molar-refractivity contribution is 5.41. The highest BCUT2D eigenvalue weighted by Gasteiger charge is 2.62. The summed E-state index contributed by atoms with van der Waals surface area (Å²) in [6.45, 7) is 0. The predicted octanol–water partition coefficient (Wildman–Crippen LogP) is 2.91. The lowest BCUT2D eigenvalue weighted by atomic mass is 9.98. The number of hydrogen-bond acceptors (Lipinski definition) is 3. The van der Waals surface area contributed by atoms with Gasteiger partial charge in [0.1, 0.15) is 6.10 Å². The largest absolute Gasteiger partial charge is 0.448 e. The van der Waals surface area contributed by atoms with Crippen LogP contribution >= 0.6 is 0 Å². The Hall–Kier alpha value is -1.92. The van der Waals surface area contributed by atoms with Gasteiger partial charge < -0.3 is 9.84 Å². The molecule has 0 fully saturated rings. The third-order valence-electron chi connectivity index (χ3n) is 3.24. The van der Waals surface area contributed by atoms with Gasteiger partial charge in [0.05, 0.1) is 5.69 Å². The summed E-state index contributed by atoms with van der Waals surface area (Å²) in [6, 6.07) is 10.6. The van der Waals surface area contributed by atoms with Gasteiger partial charge in [0.15, 0.2) is 0 Å². The summed E-state index contributed by atoms with van der Waals surface area (Å²) in [5.74, 6) is -3.30. The van der Waals surface area contributed by atoms with Gasteiger partial charge in [0.25, 0.3) is 5.79 Å². The van der Waals surface area contributed by atoms with Crippen molar-refractivity contribution >= 4 is 0 Å². The van der Waals surface area contributed by atoms with Crippen molar-refractivity contribution in [3.05, 3.63) is 65.5 Å². The molecule has 0 radical (unpaired) electrons. The van der Waals surface area contributed by atoms with E-state index in [4.69, 9.17) is 4.74 Å². The number of pyridine rings is 1. The van der Waals surface area contributed by atoms with Crippen molar-refractivity contribution in [1.29, 1.82) is 0 Å². The van der Waals surface area contributed by atoms with E-state index in [9.17, 15) is 18.3 Å². The van der Waals surface area contributed by atoms with Gasteiger partial charge in [-0.1, -0.05) is 30.3 Å². The van der Waals surface area contributed by atoms with Crippen LogP contribution in [-0.2, 0) is 10.5 Å². The summed E-state index contributed by atoms with van der Waals surface area (Å²) >= 11 is 0. The predicted molar refractivity (Wildman–Crippen MR) is 63.6 cm³/mol. The second-order valence-corrected chi connectivity index (χ2v) is 4.48. The maximum absolute atomic E-state index is 13.1. The van der Waals surface area contributed by atoms with Gasteiger partial charge >= 0.3 is 6.18 Å². The summed E-state index contributed by atoms with van der Waals surface area (Å²) in [6.07, 6.45) is -4.50. The monoisotopic (exact) mass is 281 g/mol. The van der Waals surface area contributed by atoms with Gasteiger partial charge in [0, 0.05) is 11.8 Å². The lowest BCUT2D eigenvalue weighted by molar-refractivity contribution is -0.375. The van der Waals surface area contributed by atoms with E-state index in [2.05, 4.69) is 4.98 Å². The zero-order chi connectivity index (χ0) is 14.4.